The van der Waals surface area contributed by atoms with Gasteiger partial charge < -0.3 is 23.7 Å². The Morgan fingerprint density at radius 3 is 2.05 bits per heavy atom. The first-order chi connectivity index (χ1) is 17.5. The van der Waals surface area contributed by atoms with Crippen LogP contribution in [0.15, 0.2) is 35.2 Å². The Hall–Kier alpha value is -3.29. The number of benzene rings is 1. The molecule has 0 aliphatic carbocycles. The molecule has 0 unspecified atom stereocenters. The highest BCUT2D eigenvalue weighted by Gasteiger charge is 2.56. The Kier molecular flexibility index (Phi) is 9.40. The van der Waals surface area contributed by atoms with Crippen molar-refractivity contribution >= 4 is 64.2 Å². The molecule has 13 heteroatoms. The van der Waals surface area contributed by atoms with Crippen molar-refractivity contribution < 1.29 is 47.7 Å². The quantitative estimate of drug-likeness (QED) is 0.212. The van der Waals surface area contributed by atoms with Crippen molar-refractivity contribution in [1.29, 1.82) is 0 Å². The van der Waals surface area contributed by atoms with Gasteiger partial charge in [-0.2, -0.15) is 0 Å². The topological polar surface area (TPSA) is 135 Å². The Balaban J connectivity index is 2.05. The van der Waals surface area contributed by atoms with Crippen molar-refractivity contribution in [2.24, 2.45) is 0 Å². The molecule has 2 aliphatic heterocycles. The summed E-state index contributed by atoms with van der Waals surface area (Å²) in [5.41, 5.74) is 0.754. The number of carbonyl (C=O) groups is 5. The summed E-state index contributed by atoms with van der Waals surface area (Å²) in [6.07, 6.45) is -5.12. The van der Waals surface area contributed by atoms with Gasteiger partial charge in [0.05, 0.1) is 4.91 Å². The average Bonchev–Trinajstić information content (AvgIpc) is 3.07. The molecule has 11 nitrogen and oxygen atoms in total. The number of thiocarbonyl (C=S) groups is 1. The van der Waals surface area contributed by atoms with E-state index in [1.165, 1.54) is 6.92 Å². The van der Waals surface area contributed by atoms with Crippen LogP contribution in [0.1, 0.15) is 33.3 Å². The highest BCUT2D eigenvalue weighted by molar-refractivity contribution is 8.26. The summed E-state index contributed by atoms with van der Waals surface area (Å²) in [6, 6.07) is 9.07. The number of carbonyl (C=O) groups excluding carboxylic acids is 5. The molecule has 5 atom stereocenters. The molecule has 0 aromatic heterocycles. The summed E-state index contributed by atoms with van der Waals surface area (Å²) in [4.78, 5) is 62.3. The zero-order valence-electron chi connectivity index (χ0n) is 20.4. The number of thioether (sulfide) groups is 1. The lowest BCUT2D eigenvalue weighted by molar-refractivity contribution is -0.268. The third-order valence-electron chi connectivity index (χ3n) is 5.14. The van der Waals surface area contributed by atoms with Crippen LogP contribution in [0.25, 0.3) is 6.08 Å². The van der Waals surface area contributed by atoms with Gasteiger partial charge >= 0.3 is 23.9 Å². The minimum absolute atomic E-state index is 0.0908. The summed E-state index contributed by atoms with van der Waals surface area (Å²) in [6.45, 7) is 4.11. The van der Waals surface area contributed by atoms with Crippen LogP contribution in [0.5, 0.6) is 0 Å². The van der Waals surface area contributed by atoms with Gasteiger partial charge in [-0.3, -0.25) is 28.9 Å². The molecule has 0 bridgehead atoms. The van der Waals surface area contributed by atoms with Crippen LogP contribution in [-0.4, -0.2) is 76.3 Å². The number of rotatable bonds is 7. The lowest BCUT2D eigenvalue weighted by atomic mass is 9.96. The third-order valence-corrected chi connectivity index (χ3v) is 6.47. The largest absolute Gasteiger partial charge is 0.463 e. The van der Waals surface area contributed by atoms with Gasteiger partial charge in [-0.25, -0.2) is 0 Å². The van der Waals surface area contributed by atoms with Crippen LogP contribution < -0.4 is 0 Å². The summed E-state index contributed by atoms with van der Waals surface area (Å²) in [7, 11) is 0. The van der Waals surface area contributed by atoms with Gasteiger partial charge in [0.25, 0.3) is 5.91 Å². The maximum absolute atomic E-state index is 13.5. The van der Waals surface area contributed by atoms with E-state index in [0.717, 1.165) is 43.0 Å². The van der Waals surface area contributed by atoms with E-state index in [-0.39, 0.29) is 9.23 Å². The number of amides is 1. The Bertz CT molecular complexity index is 1120. The van der Waals surface area contributed by atoms with E-state index in [4.69, 9.17) is 35.9 Å². The smallest absolute Gasteiger partial charge is 0.303 e. The van der Waals surface area contributed by atoms with Crippen LogP contribution in [0, 0.1) is 0 Å². The van der Waals surface area contributed by atoms with Gasteiger partial charge in [0.1, 0.15) is 12.7 Å². The first kappa shape index (κ1) is 28.3. The van der Waals surface area contributed by atoms with Crippen molar-refractivity contribution in [1.82, 2.24) is 4.90 Å². The van der Waals surface area contributed by atoms with Crippen LogP contribution in [0.4, 0.5) is 0 Å². The summed E-state index contributed by atoms with van der Waals surface area (Å²) in [5, 5.41) is 0. The van der Waals surface area contributed by atoms with Crippen molar-refractivity contribution in [3.8, 4) is 0 Å². The number of hydrogen-bond acceptors (Lipinski definition) is 12. The first-order valence-corrected chi connectivity index (χ1v) is 12.3. The van der Waals surface area contributed by atoms with Gasteiger partial charge in [-0.1, -0.05) is 54.3 Å². The molecule has 2 heterocycles. The molecule has 1 amide bonds. The summed E-state index contributed by atoms with van der Waals surface area (Å²) < 4.78 is 27.4. The number of nitrogens with zero attached hydrogens (tertiary/aromatic N) is 1. The zero-order valence-corrected chi connectivity index (χ0v) is 22.0. The average molecular weight is 552 g/mol. The van der Waals surface area contributed by atoms with Crippen LogP contribution in [0.3, 0.4) is 0 Å². The highest BCUT2D eigenvalue weighted by atomic mass is 32.2. The van der Waals surface area contributed by atoms with Crippen LogP contribution in [-0.2, 0) is 47.7 Å². The molecule has 0 radical (unpaired) electrons. The molecular formula is C24H25NO10S2. The molecular weight excluding hydrogens is 526 g/mol. The predicted molar refractivity (Wildman–Crippen MR) is 133 cm³/mol. The fraction of sp³-hybridized carbons (Fsp3) is 0.417. The van der Waals surface area contributed by atoms with Crippen molar-refractivity contribution in [3.05, 3.63) is 40.8 Å². The van der Waals surface area contributed by atoms with Crippen LogP contribution in [0.2, 0.25) is 0 Å². The van der Waals surface area contributed by atoms with Crippen molar-refractivity contribution in [2.45, 2.75) is 58.3 Å². The van der Waals surface area contributed by atoms with Crippen molar-refractivity contribution in [2.75, 3.05) is 6.61 Å². The van der Waals surface area contributed by atoms with E-state index in [1.807, 2.05) is 18.2 Å². The minimum Gasteiger partial charge on any atom is -0.463 e. The van der Waals surface area contributed by atoms with Gasteiger partial charge in [0.2, 0.25) is 0 Å². The van der Waals surface area contributed by atoms with Gasteiger partial charge in [0, 0.05) is 27.7 Å². The SMILES string of the molecule is CC(=O)OC[C@@H]1O[C@@H](N2C(=O)/C(=C\c3ccccc3)SC2=S)[C@@H](OC(C)=O)[C@@H](OC(C)=O)[C@@H]1OC(C)=O. The maximum atomic E-state index is 13.5. The van der Waals surface area contributed by atoms with E-state index < -0.39 is 67.0 Å². The van der Waals surface area contributed by atoms with E-state index in [9.17, 15) is 24.0 Å². The molecule has 198 valence electrons. The van der Waals surface area contributed by atoms with E-state index >= 15 is 0 Å². The molecule has 3 rings (SSSR count). The fourth-order valence-electron chi connectivity index (χ4n) is 3.81. The van der Waals surface area contributed by atoms with Gasteiger partial charge in [-0.15, -0.1) is 0 Å². The standard InChI is InChI=1S/C24H25NO10S2/c1-12(26)31-11-17-19(32-13(2)27)20(33-14(3)28)21(34-15(4)29)23(35-17)25-22(30)18(37-24(25)36)10-16-8-6-5-7-9-16/h5-10,17,19-21,23H,11H2,1-4H3/b18-10+/t17-,19+,20-,21-,23+/m0/s1. The van der Waals surface area contributed by atoms with Crippen molar-refractivity contribution in [3.63, 3.8) is 0 Å². The maximum Gasteiger partial charge on any atom is 0.303 e. The molecule has 1 aromatic carbocycles. The van der Waals surface area contributed by atoms with Gasteiger partial charge in [0.15, 0.2) is 28.9 Å². The fourth-order valence-corrected chi connectivity index (χ4v) is 5.12. The number of esters is 4. The summed E-state index contributed by atoms with van der Waals surface area (Å²) >= 11 is 6.46. The second-order valence-electron chi connectivity index (χ2n) is 8.05. The lowest BCUT2D eigenvalue weighted by Gasteiger charge is -2.46. The molecule has 37 heavy (non-hydrogen) atoms. The lowest BCUT2D eigenvalue weighted by Crippen LogP contribution is -2.66. The molecule has 0 saturated carbocycles. The monoisotopic (exact) mass is 551 g/mol. The molecule has 2 aliphatic rings. The van der Waals surface area contributed by atoms with E-state index in [2.05, 4.69) is 0 Å². The third kappa shape index (κ3) is 7.14. The molecule has 2 saturated heterocycles. The molecule has 1 aromatic rings. The number of ether oxygens (including phenoxy) is 5. The Labute approximate surface area is 222 Å². The van der Waals surface area contributed by atoms with Crippen LogP contribution >= 0.6 is 24.0 Å². The zero-order chi connectivity index (χ0) is 27.3. The highest BCUT2D eigenvalue weighted by Crippen LogP contribution is 2.39. The number of hydrogen-bond donors (Lipinski definition) is 0. The van der Waals surface area contributed by atoms with E-state index in [1.54, 1.807) is 18.2 Å². The minimum atomic E-state index is -1.43. The second kappa shape index (κ2) is 12.3. The molecule has 0 spiro atoms. The normalized spacial score (nSPS) is 26.5. The Morgan fingerprint density at radius 1 is 0.919 bits per heavy atom. The Morgan fingerprint density at radius 2 is 1.49 bits per heavy atom. The molecule has 2 fully saturated rings. The molecule has 0 N–H and O–H groups in total. The summed E-state index contributed by atoms with van der Waals surface area (Å²) in [5.74, 6) is -3.50. The second-order valence-corrected chi connectivity index (χ2v) is 9.73. The first-order valence-electron chi connectivity index (χ1n) is 11.1. The van der Waals surface area contributed by atoms with Gasteiger partial charge in [-0.05, 0) is 11.6 Å². The van der Waals surface area contributed by atoms with E-state index in [0.29, 0.717) is 0 Å². The predicted octanol–water partition coefficient (Wildman–Crippen LogP) is 1.97.